The fourth-order valence-electron chi connectivity index (χ4n) is 2.52. The number of hydrogen-bond donors (Lipinski definition) is 5. The van der Waals surface area contributed by atoms with Gasteiger partial charge in [-0.05, 0) is 30.5 Å². The van der Waals surface area contributed by atoms with Crippen LogP contribution in [0.15, 0.2) is 48.4 Å². The third kappa shape index (κ3) is 4.61. The maximum atomic E-state index is 13.3. The molecule has 0 saturated heterocycles. The topological polar surface area (TPSA) is 151 Å². The van der Waals surface area contributed by atoms with E-state index in [-0.39, 0.29) is 11.6 Å². The van der Waals surface area contributed by atoms with E-state index in [0.717, 1.165) is 12.2 Å². The molecule has 1 aliphatic heterocycles. The number of hydrogen-bond acceptors (Lipinski definition) is 6. The van der Waals surface area contributed by atoms with E-state index in [1.165, 1.54) is 24.4 Å². The molecular weight excluding hydrogens is 337 g/mol. The lowest BCUT2D eigenvalue weighted by Crippen LogP contribution is -2.30. The van der Waals surface area contributed by atoms with E-state index in [0.29, 0.717) is 29.9 Å². The maximum absolute atomic E-state index is 13.3. The minimum Gasteiger partial charge on any atom is -0.405 e. The number of carbonyl (C=O) groups is 1. The average Bonchev–Trinajstić information content (AvgIpc) is 3.00. The van der Waals surface area contributed by atoms with E-state index in [9.17, 15) is 9.18 Å². The number of fused-ring (bicyclic) bond motifs is 1. The Balaban J connectivity index is 0.000000298. The molecule has 0 radical (unpaired) electrons. The van der Waals surface area contributed by atoms with E-state index in [2.05, 4.69) is 10.4 Å². The monoisotopic (exact) mass is 359 g/mol. The van der Waals surface area contributed by atoms with Gasteiger partial charge in [-0.1, -0.05) is 12.1 Å². The van der Waals surface area contributed by atoms with Gasteiger partial charge in [0, 0.05) is 18.7 Å². The second kappa shape index (κ2) is 8.67. The summed E-state index contributed by atoms with van der Waals surface area (Å²) >= 11 is 0. The van der Waals surface area contributed by atoms with Crippen LogP contribution < -0.4 is 28.3 Å². The number of aromatic nitrogens is 2. The van der Waals surface area contributed by atoms with Crippen molar-refractivity contribution in [2.24, 2.45) is 22.9 Å². The van der Waals surface area contributed by atoms with Gasteiger partial charge in [-0.2, -0.15) is 5.10 Å². The van der Waals surface area contributed by atoms with Crippen LogP contribution in [0.1, 0.15) is 16.1 Å². The van der Waals surface area contributed by atoms with Crippen LogP contribution in [0.2, 0.25) is 0 Å². The first-order valence-electron chi connectivity index (χ1n) is 7.89. The molecule has 3 rings (SSSR count). The van der Waals surface area contributed by atoms with Gasteiger partial charge >= 0.3 is 0 Å². The summed E-state index contributed by atoms with van der Waals surface area (Å²) in [6.45, 7) is 2.00. The summed E-state index contributed by atoms with van der Waals surface area (Å²) in [5.74, 6) is -0.636. The predicted molar refractivity (Wildman–Crippen MR) is 97.6 cm³/mol. The fraction of sp³-hybridized carbons (Fsp3) is 0.176. The van der Waals surface area contributed by atoms with Gasteiger partial charge in [-0.15, -0.1) is 0 Å². The molecule has 1 aromatic heterocycles. The summed E-state index contributed by atoms with van der Waals surface area (Å²) in [6, 6.07) is 6.02. The van der Waals surface area contributed by atoms with Gasteiger partial charge in [0.2, 0.25) is 0 Å². The summed E-state index contributed by atoms with van der Waals surface area (Å²) < 4.78 is 15.1. The van der Waals surface area contributed by atoms with Crippen LogP contribution in [-0.2, 0) is 13.1 Å². The molecule has 0 bridgehead atoms. The summed E-state index contributed by atoms with van der Waals surface area (Å²) in [7, 11) is 0. The Kier molecular flexibility index (Phi) is 6.34. The molecule has 0 atom stereocenters. The zero-order chi connectivity index (χ0) is 19.1. The molecule has 0 fully saturated rings. The Morgan fingerprint density at radius 2 is 2.08 bits per heavy atom. The molecule has 0 spiro atoms. The molecule has 2 aromatic rings. The Bertz CT molecular complexity index is 838. The number of rotatable bonds is 3. The van der Waals surface area contributed by atoms with Crippen molar-refractivity contribution < 1.29 is 9.18 Å². The van der Waals surface area contributed by atoms with E-state index in [1.54, 1.807) is 22.9 Å². The lowest BCUT2D eigenvalue weighted by atomic mass is 10.0. The molecular formula is C17H22FN7O. The smallest absolute Gasteiger partial charge is 0.252 e. The van der Waals surface area contributed by atoms with Gasteiger partial charge in [0.05, 0.1) is 23.6 Å². The predicted octanol–water partition coefficient (Wildman–Crippen LogP) is 0.109. The molecule has 8 nitrogen and oxygen atoms in total. The van der Waals surface area contributed by atoms with Crippen molar-refractivity contribution in [3.8, 4) is 11.3 Å². The van der Waals surface area contributed by atoms with Crippen molar-refractivity contribution in [1.82, 2.24) is 15.1 Å². The van der Waals surface area contributed by atoms with Crippen LogP contribution in [0.25, 0.3) is 11.3 Å². The Morgan fingerprint density at radius 3 is 2.65 bits per heavy atom. The molecule has 2 heterocycles. The highest BCUT2D eigenvalue weighted by molar-refractivity contribution is 6.00. The summed E-state index contributed by atoms with van der Waals surface area (Å²) in [5.41, 5.74) is 22.6. The van der Waals surface area contributed by atoms with Crippen molar-refractivity contribution in [3.63, 3.8) is 0 Å². The number of carbonyl (C=O) groups excluding carboxylic acids is 1. The normalized spacial score (nSPS) is 12.8. The standard InChI is InChI=1S/C13H13FN4O.C4H9N3/c14-9-3-1-2-8(6-9)12-11(13(15)19)10-7-16-4-5-18(10)17-12;5-3-1-2-4(6)7/h1-3,6,16H,4-5,7H2,(H2,15,19);1-3H,5-7H2/b;3-1-. The molecule has 9 N–H and O–H groups in total. The van der Waals surface area contributed by atoms with Crippen LogP contribution in [0.5, 0.6) is 0 Å². The minimum atomic E-state index is -0.538. The van der Waals surface area contributed by atoms with Crippen LogP contribution in [-0.4, -0.2) is 22.2 Å². The van der Waals surface area contributed by atoms with Crippen LogP contribution in [0.4, 0.5) is 4.39 Å². The Morgan fingerprint density at radius 1 is 1.31 bits per heavy atom. The summed E-state index contributed by atoms with van der Waals surface area (Å²) in [4.78, 5) is 11.7. The van der Waals surface area contributed by atoms with Crippen molar-refractivity contribution in [2.45, 2.75) is 13.1 Å². The van der Waals surface area contributed by atoms with Gasteiger partial charge in [0.15, 0.2) is 0 Å². The van der Waals surface area contributed by atoms with Gasteiger partial charge in [-0.25, -0.2) is 4.39 Å². The number of nitrogens with one attached hydrogen (secondary N) is 1. The van der Waals surface area contributed by atoms with Gasteiger partial charge in [0.1, 0.15) is 11.5 Å². The highest BCUT2D eigenvalue weighted by Crippen LogP contribution is 2.26. The quantitative estimate of drug-likeness (QED) is 0.491. The van der Waals surface area contributed by atoms with Crippen LogP contribution in [0, 0.1) is 5.82 Å². The first-order chi connectivity index (χ1) is 12.4. The highest BCUT2D eigenvalue weighted by Gasteiger charge is 2.24. The Hall–Kier alpha value is -3.33. The Labute approximate surface area is 150 Å². The summed E-state index contributed by atoms with van der Waals surface area (Å²) in [6.07, 6.45) is 4.44. The number of benzene rings is 1. The molecule has 1 amide bonds. The molecule has 0 saturated carbocycles. The zero-order valence-corrected chi connectivity index (χ0v) is 14.2. The zero-order valence-electron chi connectivity index (χ0n) is 14.2. The lowest BCUT2D eigenvalue weighted by Gasteiger charge is -2.15. The molecule has 0 aliphatic carbocycles. The van der Waals surface area contributed by atoms with E-state index >= 15 is 0 Å². The number of allylic oxidation sites excluding steroid dienone is 2. The highest BCUT2D eigenvalue weighted by atomic mass is 19.1. The number of primary amides is 1. The van der Waals surface area contributed by atoms with Crippen molar-refractivity contribution in [3.05, 3.63) is 65.5 Å². The van der Waals surface area contributed by atoms with E-state index in [4.69, 9.17) is 22.9 Å². The van der Waals surface area contributed by atoms with E-state index in [1.807, 2.05) is 0 Å². The molecule has 1 aliphatic rings. The largest absolute Gasteiger partial charge is 0.405 e. The number of nitrogens with zero attached hydrogens (tertiary/aromatic N) is 2. The minimum absolute atomic E-state index is 0.265. The first-order valence-corrected chi connectivity index (χ1v) is 7.89. The number of halogens is 1. The molecule has 9 heteroatoms. The van der Waals surface area contributed by atoms with Crippen molar-refractivity contribution >= 4 is 5.91 Å². The number of amides is 1. The maximum Gasteiger partial charge on any atom is 0.252 e. The second-order valence-electron chi connectivity index (χ2n) is 5.50. The van der Waals surface area contributed by atoms with Crippen molar-refractivity contribution in [1.29, 1.82) is 0 Å². The van der Waals surface area contributed by atoms with Gasteiger partial charge in [0.25, 0.3) is 5.91 Å². The van der Waals surface area contributed by atoms with Crippen LogP contribution in [0.3, 0.4) is 0 Å². The van der Waals surface area contributed by atoms with Gasteiger partial charge < -0.3 is 28.3 Å². The van der Waals surface area contributed by atoms with Crippen LogP contribution >= 0.6 is 0 Å². The second-order valence-corrected chi connectivity index (χ2v) is 5.50. The lowest BCUT2D eigenvalue weighted by molar-refractivity contribution is 0.0999. The SMILES string of the molecule is N/C=C\C=C(N)N.NC(=O)c1c(-c2cccc(F)c2)nn2c1CNCC2. The molecule has 1 aromatic carbocycles. The summed E-state index contributed by atoms with van der Waals surface area (Å²) in [5, 5.41) is 7.56. The molecule has 26 heavy (non-hydrogen) atoms. The third-order valence-electron chi connectivity index (χ3n) is 3.59. The van der Waals surface area contributed by atoms with E-state index < -0.39 is 5.91 Å². The fourth-order valence-corrected chi connectivity index (χ4v) is 2.52. The molecule has 0 unspecified atom stereocenters. The average molecular weight is 359 g/mol. The van der Waals surface area contributed by atoms with Gasteiger partial charge in [-0.3, -0.25) is 9.48 Å². The van der Waals surface area contributed by atoms with Crippen molar-refractivity contribution in [2.75, 3.05) is 6.54 Å². The first kappa shape index (κ1) is 19.0. The molecule has 138 valence electrons. The number of nitrogens with two attached hydrogens (primary N) is 4. The third-order valence-corrected chi connectivity index (χ3v) is 3.59.